The predicted octanol–water partition coefficient (Wildman–Crippen LogP) is 2.49. The number of anilines is 3. The quantitative estimate of drug-likeness (QED) is 0.269. The molecule has 4 rings (SSSR count). The van der Waals surface area contributed by atoms with E-state index in [1.807, 2.05) is 18.7 Å². The first-order chi connectivity index (χ1) is 16.7. The Bertz CT molecular complexity index is 1610. The van der Waals surface area contributed by atoms with Crippen molar-refractivity contribution in [3.8, 4) is 0 Å². The molecular weight excluding hydrogens is 506 g/mol. The van der Waals surface area contributed by atoms with Gasteiger partial charge < -0.3 is 10.6 Å². The number of nitrogens with two attached hydrogens (primary N) is 1. The first kappa shape index (κ1) is 27.0. The van der Waals surface area contributed by atoms with Crippen LogP contribution in [0.5, 0.6) is 0 Å². The van der Waals surface area contributed by atoms with E-state index >= 15 is 0 Å². The average Bonchev–Trinajstić information content (AvgIpc) is 3.05. The number of primary sulfonamides is 1. The number of nitrogens with one attached hydrogen (secondary N) is 2. The summed E-state index contributed by atoms with van der Waals surface area (Å²) >= 11 is 0. The molecule has 36 heavy (non-hydrogen) atoms. The molecule has 12 nitrogen and oxygen atoms in total. The number of nitrogens with zero attached hydrogens (tertiary/aromatic N) is 4. The molecule has 2 aromatic heterocycles. The van der Waals surface area contributed by atoms with Gasteiger partial charge in [-0.15, -0.1) is 0 Å². The molecular formula is C22H27N7O5S2. The molecule has 0 aliphatic heterocycles. The average molecular weight is 534 g/mol. The molecule has 0 atom stereocenters. The van der Waals surface area contributed by atoms with E-state index in [-0.39, 0.29) is 4.90 Å². The molecule has 0 fully saturated rings. The summed E-state index contributed by atoms with van der Waals surface area (Å²) in [7, 11) is -5.55. The zero-order valence-electron chi connectivity index (χ0n) is 20.1. The molecule has 192 valence electrons. The molecule has 0 unspecified atom stereocenters. The van der Waals surface area contributed by atoms with Gasteiger partial charge in [-0.05, 0) is 49.2 Å². The van der Waals surface area contributed by atoms with Crippen molar-refractivity contribution in [1.82, 2.24) is 19.7 Å². The highest BCUT2D eigenvalue weighted by molar-refractivity contribution is 7.89. The fraction of sp³-hybridized carbons (Fsp3) is 0.227. The Balaban J connectivity index is 0.000000658. The number of sulfonamides is 1. The van der Waals surface area contributed by atoms with Crippen LogP contribution in [0.3, 0.4) is 0 Å². The molecule has 2 heterocycles. The van der Waals surface area contributed by atoms with E-state index in [4.69, 9.17) is 9.69 Å². The lowest BCUT2D eigenvalue weighted by atomic mass is 10.1. The largest absolute Gasteiger partial charge is 0.366 e. The van der Waals surface area contributed by atoms with Crippen molar-refractivity contribution in [2.24, 2.45) is 12.2 Å². The van der Waals surface area contributed by atoms with Crippen molar-refractivity contribution in [1.29, 1.82) is 0 Å². The maximum Gasteiger partial charge on any atom is 0.261 e. The fourth-order valence-electron chi connectivity index (χ4n) is 3.31. The van der Waals surface area contributed by atoms with Gasteiger partial charge in [-0.1, -0.05) is 18.2 Å². The smallest absolute Gasteiger partial charge is 0.261 e. The first-order valence-electron chi connectivity index (χ1n) is 10.5. The van der Waals surface area contributed by atoms with Gasteiger partial charge >= 0.3 is 0 Å². The molecule has 0 aliphatic rings. The summed E-state index contributed by atoms with van der Waals surface area (Å²) in [4.78, 5) is 8.71. The third-order valence-electron chi connectivity index (χ3n) is 5.08. The minimum absolute atomic E-state index is 0.0620. The summed E-state index contributed by atoms with van der Waals surface area (Å²) in [5.74, 6) is 0.971. The number of hydrogen-bond donors (Lipinski definition) is 4. The van der Waals surface area contributed by atoms with E-state index in [1.54, 1.807) is 31.3 Å². The number of benzene rings is 2. The fourth-order valence-corrected chi connectivity index (χ4v) is 4.12. The Morgan fingerprint density at radius 2 is 1.75 bits per heavy atom. The topological polar surface area (TPSA) is 182 Å². The van der Waals surface area contributed by atoms with Gasteiger partial charge in [0, 0.05) is 36.6 Å². The highest BCUT2D eigenvalue weighted by atomic mass is 32.2. The summed E-state index contributed by atoms with van der Waals surface area (Å²) < 4.78 is 51.2. The van der Waals surface area contributed by atoms with Crippen molar-refractivity contribution in [3.05, 3.63) is 65.5 Å². The highest BCUT2D eigenvalue weighted by Gasteiger charge is 2.13. The van der Waals surface area contributed by atoms with Gasteiger partial charge in [-0.3, -0.25) is 9.23 Å². The van der Waals surface area contributed by atoms with Gasteiger partial charge in [0.2, 0.25) is 16.0 Å². The monoisotopic (exact) mass is 533 g/mol. The molecule has 0 bridgehead atoms. The van der Waals surface area contributed by atoms with E-state index in [9.17, 15) is 16.8 Å². The van der Waals surface area contributed by atoms with Crippen LogP contribution in [0.25, 0.3) is 10.9 Å². The van der Waals surface area contributed by atoms with Crippen LogP contribution >= 0.6 is 0 Å². The van der Waals surface area contributed by atoms with E-state index in [0.29, 0.717) is 35.8 Å². The molecule has 0 amide bonds. The zero-order chi connectivity index (χ0) is 26.7. The molecule has 0 saturated carbocycles. The second kappa shape index (κ2) is 10.6. The van der Waals surface area contributed by atoms with Crippen LogP contribution in [0.4, 0.5) is 17.5 Å². The Morgan fingerprint density at radius 3 is 2.42 bits per heavy atom. The van der Waals surface area contributed by atoms with Gasteiger partial charge in [-0.2, -0.15) is 18.5 Å². The van der Waals surface area contributed by atoms with E-state index in [0.717, 1.165) is 22.2 Å². The van der Waals surface area contributed by atoms with E-state index in [2.05, 4.69) is 43.9 Å². The Labute approximate surface area is 209 Å². The van der Waals surface area contributed by atoms with E-state index < -0.39 is 20.1 Å². The van der Waals surface area contributed by atoms with Crippen LogP contribution in [-0.2, 0) is 33.7 Å². The minimum Gasteiger partial charge on any atom is -0.366 e. The maximum atomic E-state index is 11.7. The number of hydrogen-bond acceptors (Lipinski definition) is 9. The number of fused-ring (bicyclic) bond motifs is 1. The SMILES string of the molecule is CS(=O)(=O)O.Cc1ccc(Nc2nccc(NCc3ccc4c(C)n(C)nc4c3)n2)cc1S(N)(=O)=O. The van der Waals surface area contributed by atoms with Gasteiger partial charge in [0.15, 0.2) is 0 Å². The van der Waals surface area contributed by atoms with Crippen molar-refractivity contribution in [2.75, 3.05) is 16.9 Å². The standard InChI is InChI=1S/C21H23N7O2S.CH4O3S/c1-13-4-6-16(11-19(13)31(22,29)30)25-21-23-9-8-20(26-21)24-12-15-5-7-17-14(2)28(3)27-18(17)10-15;1-5(2,3)4/h4-11H,12H2,1-3H3,(H2,22,29,30)(H2,23,24,25,26);1H3,(H,2,3,4). The summed E-state index contributed by atoms with van der Waals surface area (Å²) in [5, 5.41) is 17.2. The lowest BCUT2D eigenvalue weighted by Gasteiger charge is -2.10. The molecule has 0 saturated heterocycles. The van der Waals surface area contributed by atoms with Crippen molar-refractivity contribution < 1.29 is 21.4 Å². The lowest BCUT2D eigenvalue weighted by Crippen LogP contribution is -2.14. The molecule has 0 radical (unpaired) electrons. The number of aryl methyl sites for hydroxylation is 3. The summed E-state index contributed by atoms with van der Waals surface area (Å²) in [6.45, 7) is 4.30. The van der Waals surface area contributed by atoms with Gasteiger partial charge in [0.05, 0.1) is 16.7 Å². The molecule has 0 spiro atoms. The van der Waals surface area contributed by atoms with Gasteiger partial charge in [0.25, 0.3) is 10.1 Å². The molecule has 0 aliphatic carbocycles. The van der Waals surface area contributed by atoms with Crippen LogP contribution in [-0.4, -0.2) is 47.4 Å². The third kappa shape index (κ3) is 7.45. The Morgan fingerprint density at radius 1 is 1.06 bits per heavy atom. The lowest BCUT2D eigenvalue weighted by molar-refractivity contribution is 0.490. The van der Waals surface area contributed by atoms with Crippen molar-refractivity contribution in [3.63, 3.8) is 0 Å². The minimum atomic E-state index is -3.81. The Kier molecular flexibility index (Phi) is 7.93. The molecule has 14 heteroatoms. The molecule has 2 aromatic carbocycles. The molecule has 5 N–H and O–H groups in total. The van der Waals surface area contributed by atoms with Crippen LogP contribution in [0.15, 0.2) is 53.6 Å². The van der Waals surface area contributed by atoms with Crippen molar-refractivity contribution in [2.45, 2.75) is 25.3 Å². The second-order valence-electron chi connectivity index (χ2n) is 8.06. The van der Waals surface area contributed by atoms with Gasteiger partial charge in [0.1, 0.15) is 5.82 Å². The van der Waals surface area contributed by atoms with Crippen LogP contribution in [0.1, 0.15) is 16.8 Å². The van der Waals surface area contributed by atoms with Crippen LogP contribution < -0.4 is 15.8 Å². The summed E-state index contributed by atoms with van der Waals surface area (Å²) in [5.41, 5.74) is 4.26. The molecule has 4 aromatic rings. The third-order valence-corrected chi connectivity index (χ3v) is 6.13. The van der Waals surface area contributed by atoms with Gasteiger partial charge in [-0.25, -0.2) is 18.5 Å². The second-order valence-corrected chi connectivity index (χ2v) is 11.1. The summed E-state index contributed by atoms with van der Waals surface area (Å²) in [6.07, 6.45) is 2.34. The first-order valence-corrected chi connectivity index (χ1v) is 13.9. The zero-order valence-corrected chi connectivity index (χ0v) is 21.7. The van der Waals surface area contributed by atoms with Crippen LogP contribution in [0, 0.1) is 13.8 Å². The highest BCUT2D eigenvalue weighted by Crippen LogP contribution is 2.22. The summed E-state index contributed by atoms with van der Waals surface area (Å²) in [6, 6.07) is 12.8. The van der Waals surface area contributed by atoms with E-state index in [1.165, 1.54) is 6.07 Å². The predicted molar refractivity (Wildman–Crippen MR) is 138 cm³/mol. The normalized spacial score (nSPS) is 11.6. The Hall–Kier alpha value is -3.59. The van der Waals surface area contributed by atoms with Crippen LogP contribution in [0.2, 0.25) is 0 Å². The number of rotatable bonds is 6. The maximum absolute atomic E-state index is 11.7. The number of aromatic nitrogens is 4. The van der Waals surface area contributed by atoms with Crippen molar-refractivity contribution >= 4 is 48.5 Å².